The van der Waals surface area contributed by atoms with Crippen molar-refractivity contribution in [2.24, 2.45) is 0 Å². The van der Waals surface area contributed by atoms with Gasteiger partial charge in [-0.3, -0.25) is 14.4 Å². The molecule has 0 saturated carbocycles. The second-order valence-electron chi connectivity index (χ2n) is 6.11. The number of nitrogens with one attached hydrogen (secondary N) is 3. The summed E-state index contributed by atoms with van der Waals surface area (Å²) >= 11 is 0. The van der Waals surface area contributed by atoms with Crippen molar-refractivity contribution < 1.29 is 27.6 Å². The van der Waals surface area contributed by atoms with Crippen molar-refractivity contribution >= 4 is 23.4 Å². The van der Waals surface area contributed by atoms with E-state index in [1.54, 1.807) is 12.1 Å². The molecule has 0 atom stereocenters. The quantitative estimate of drug-likeness (QED) is 0.658. The summed E-state index contributed by atoms with van der Waals surface area (Å²) in [5, 5.41) is 6.65. The van der Waals surface area contributed by atoms with Crippen LogP contribution in [0, 0.1) is 31.3 Å². The first-order valence-corrected chi connectivity index (χ1v) is 8.24. The molecule has 0 radical (unpaired) electrons. The fourth-order valence-corrected chi connectivity index (χ4v) is 2.43. The van der Waals surface area contributed by atoms with Crippen LogP contribution in [0.15, 0.2) is 30.3 Å². The van der Waals surface area contributed by atoms with Gasteiger partial charge in [-0.05, 0) is 38.1 Å². The van der Waals surface area contributed by atoms with Crippen LogP contribution in [-0.2, 0) is 9.59 Å². The van der Waals surface area contributed by atoms with E-state index in [9.17, 15) is 27.6 Å². The highest BCUT2D eigenvalue weighted by molar-refractivity contribution is 5.98. The van der Waals surface area contributed by atoms with Gasteiger partial charge in [-0.25, -0.2) is 13.2 Å². The van der Waals surface area contributed by atoms with E-state index < -0.39 is 47.4 Å². The zero-order valence-corrected chi connectivity index (χ0v) is 15.2. The Morgan fingerprint density at radius 1 is 0.821 bits per heavy atom. The molecule has 6 nitrogen and oxygen atoms in total. The van der Waals surface area contributed by atoms with Crippen molar-refractivity contribution in [3.8, 4) is 0 Å². The zero-order chi connectivity index (χ0) is 20.8. The first kappa shape index (κ1) is 20.9. The van der Waals surface area contributed by atoms with E-state index in [-0.39, 0.29) is 6.54 Å². The average molecular weight is 393 g/mol. The molecule has 0 heterocycles. The Bertz CT molecular complexity index is 912. The van der Waals surface area contributed by atoms with Gasteiger partial charge in [0.25, 0.3) is 5.91 Å². The molecule has 0 fully saturated rings. The monoisotopic (exact) mass is 393 g/mol. The van der Waals surface area contributed by atoms with E-state index in [0.29, 0.717) is 11.6 Å². The number of anilines is 1. The topological polar surface area (TPSA) is 87.3 Å². The third-order valence-electron chi connectivity index (χ3n) is 3.65. The Hall–Kier alpha value is -3.36. The van der Waals surface area contributed by atoms with Crippen LogP contribution in [0.4, 0.5) is 18.9 Å². The summed E-state index contributed by atoms with van der Waals surface area (Å²) < 4.78 is 39.4. The SMILES string of the molecule is Cc1cc(C)cc(C(=O)NCC(=O)NCC(=O)Nc2ccc(F)c(F)c2F)c1. The first-order valence-electron chi connectivity index (χ1n) is 8.24. The maximum Gasteiger partial charge on any atom is 0.251 e. The lowest BCUT2D eigenvalue weighted by Crippen LogP contribution is -2.40. The van der Waals surface area contributed by atoms with Gasteiger partial charge in [0.2, 0.25) is 11.8 Å². The number of carbonyl (C=O) groups is 3. The molecule has 2 rings (SSSR count). The van der Waals surface area contributed by atoms with Gasteiger partial charge in [-0.2, -0.15) is 0 Å². The van der Waals surface area contributed by atoms with Gasteiger partial charge in [0.15, 0.2) is 17.5 Å². The Morgan fingerprint density at radius 2 is 1.43 bits per heavy atom. The minimum absolute atomic E-state index is 0.376. The molecule has 0 unspecified atom stereocenters. The Balaban J connectivity index is 1.81. The predicted octanol–water partition coefficient (Wildman–Crippen LogP) is 2.21. The Morgan fingerprint density at radius 3 is 2.07 bits per heavy atom. The van der Waals surface area contributed by atoms with Gasteiger partial charge in [0.05, 0.1) is 18.8 Å². The third kappa shape index (κ3) is 5.57. The molecule has 3 N–H and O–H groups in total. The van der Waals surface area contributed by atoms with Gasteiger partial charge in [-0.1, -0.05) is 17.2 Å². The van der Waals surface area contributed by atoms with E-state index in [4.69, 9.17) is 0 Å². The molecular formula is C19H18F3N3O3. The van der Waals surface area contributed by atoms with Crippen LogP contribution >= 0.6 is 0 Å². The van der Waals surface area contributed by atoms with Gasteiger partial charge in [0, 0.05) is 5.56 Å². The molecule has 9 heteroatoms. The van der Waals surface area contributed by atoms with E-state index in [1.165, 1.54) is 0 Å². The summed E-state index contributed by atoms with van der Waals surface area (Å²) in [5.41, 5.74) is 1.64. The molecule has 0 saturated heterocycles. The molecule has 0 aliphatic heterocycles. The lowest BCUT2D eigenvalue weighted by molar-refractivity contribution is -0.123. The van der Waals surface area contributed by atoms with Crippen molar-refractivity contribution in [3.05, 3.63) is 64.5 Å². The number of halogens is 3. The van der Waals surface area contributed by atoms with Crippen LogP contribution < -0.4 is 16.0 Å². The van der Waals surface area contributed by atoms with Crippen molar-refractivity contribution in [2.45, 2.75) is 13.8 Å². The number of amides is 3. The Kier molecular flexibility index (Phi) is 6.75. The molecule has 2 aromatic carbocycles. The highest BCUT2D eigenvalue weighted by atomic mass is 19.2. The van der Waals surface area contributed by atoms with Crippen LogP contribution in [0.2, 0.25) is 0 Å². The maximum atomic E-state index is 13.5. The third-order valence-corrected chi connectivity index (χ3v) is 3.65. The van der Waals surface area contributed by atoms with Crippen molar-refractivity contribution in [1.82, 2.24) is 10.6 Å². The molecule has 0 aliphatic rings. The number of carbonyl (C=O) groups excluding carboxylic acids is 3. The normalized spacial score (nSPS) is 10.3. The van der Waals surface area contributed by atoms with Crippen molar-refractivity contribution in [2.75, 3.05) is 18.4 Å². The molecule has 148 valence electrons. The van der Waals surface area contributed by atoms with Gasteiger partial charge in [-0.15, -0.1) is 0 Å². The number of benzene rings is 2. The summed E-state index contributed by atoms with van der Waals surface area (Å²) in [4.78, 5) is 35.5. The lowest BCUT2D eigenvalue weighted by Gasteiger charge is -2.09. The second kappa shape index (κ2) is 9.03. The van der Waals surface area contributed by atoms with Gasteiger partial charge < -0.3 is 16.0 Å². The lowest BCUT2D eigenvalue weighted by atomic mass is 10.1. The highest BCUT2D eigenvalue weighted by Gasteiger charge is 2.16. The zero-order valence-electron chi connectivity index (χ0n) is 15.2. The Labute approximate surface area is 159 Å². The predicted molar refractivity (Wildman–Crippen MR) is 96.2 cm³/mol. The summed E-state index contributed by atoms with van der Waals surface area (Å²) in [5.74, 6) is -6.59. The molecular weight excluding hydrogens is 375 g/mol. The van der Waals surface area contributed by atoms with Crippen molar-refractivity contribution in [3.63, 3.8) is 0 Å². The largest absolute Gasteiger partial charge is 0.345 e. The number of hydrogen-bond acceptors (Lipinski definition) is 3. The number of aryl methyl sites for hydroxylation is 2. The second-order valence-corrected chi connectivity index (χ2v) is 6.11. The fraction of sp³-hybridized carbons (Fsp3) is 0.211. The first-order chi connectivity index (χ1) is 13.2. The molecule has 2 aromatic rings. The van der Waals surface area contributed by atoms with Crippen molar-refractivity contribution in [1.29, 1.82) is 0 Å². The van der Waals surface area contributed by atoms with E-state index >= 15 is 0 Å². The number of hydrogen-bond donors (Lipinski definition) is 3. The number of rotatable bonds is 6. The maximum absolute atomic E-state index is 13.5. The fourth-order valence-electron chi connectivity index (χ4n) is 2.43. The molecule has 0 spiro atoms. The highest BCUT2D eigenvalue weighted by Crippen LogP contribution is 2.19. The van der Waals surface area contributed by atoms with E-state index in [0.717, 1.165) is 17.2 Å². The standard InChI is InChI=1S/C19H18F3N3O3/c1-10-5-11(2)7-12(6-10)19(28)24-8-15(26)23-9-16(27)25-14-4-3-13(20)17(21)18(14)22/h3-7H,8-9H2,1-2H3,(H,23,26)(H,24,28)(H,25,27). The van der Waals surface area contributed by atoms with Crippen LogP contribution in [0.3, 0.4) is 0 Å². The van der Waals surface area contributed by atoms with Crippen LogP contribution in [-0.4, -0.2) is 30.8 Å². The molecule has 3 amide bonds. The van der Waals surface area contributed by atoms with Gasteiger partial charge >= 0.3 is 0 Å². The average Bonchev–Trinajstić information content (AvgIpc) is 2.64. The molecule has 28 heavy (non-hydrogen) atoms. The summed E-state index contributed by atoms with van der Waals surface area (Å²) in [7, 11) is 0. The molecule has 0 aromatic heterocycles. The summed E-state index contributed by atoms with van der Waals surface area (Å²) in [6, 6.07) is 6.76. The van der Waals surface area contributed by atoms with Crippen LogP contribution in [0.25, 0.3) is 0 Å². The van der Waals surface area contributed by atoms with Crippen LogP contribution in [0.5, 0.6) is 0 Å². The minimum Gasteiger partial charge on any atom is -0.345 e. The summed E-state index contributed by atoms with van der Waals surface area (Å²) in [6.07, 6.45) is 0. The smallest absolute Gasteiger partial charge is 0.251 e. The molecule has 0 aliphatic carbocycles. The summed E-state index contributed by atoms with van der Waals surface area (Å²) in [6.45, 7) is 2.76. The van der Waals surface area contributed by atoms with Crippen LogP contribution in [0.1, 0.15) is 21.5 Å². The van der Waals surface area contributed by atoms with Gasteiger partial charge in [0.1, 0.15) is 0 Å². The van der Waals surface area contributed by atoms with E-state index in [2.05, 4.69) is 10.6 Å². The minimum atomic E-state index is -1.71. The molecule has 0 bridgehead atoms. The van der Waals surface area contributed by atoms with E-state index in [1.807, 2.05) is 25.2 Å².